The smallest absolute Gasteiger partial charge is 0.225 e. The van der Waals surface area contributed by atoms with Gasteiger partial charge in [0.25, 0.3) is 0 Å². The zero-order chi connectivity index (χ0) is 14.1. The largest absolute Gasteiger partial charge is 0.345 e. The number of unbranched alkanes of at least 4 members (excludes halogenated alkanes) is 2. The highest BCUT2D eigenvalue weighted by atomic mass is 16.2. The summed E-state index contributed by atoms with van der Waals surface area (Å²) in [5, 5.41) is 0. The molecule has 2 heteroatoms. The lowest BCUT2D eigenvalue weighted by Crippen LogP contribution is -2.34. The maximum absolute atomic E-state index is 12.1. The molecule has 0 saturated heterocycles. The summed E-state index contributed by atoms with van der Waals surface area (Å²) in [6.07, 6.45) is 6.12. The Labute approximate surface area is 114 Å². The Balaban J connectivity index is 3.74. The van der Waals surface area contributed by atoms with Gasteiger partial charge in [0.05, 0.1) is 0 Å². The number of hydrogen-bond acceptors (Lipinski definition) is 1. The molecule has 1 amide bonds. The molecule has 0 N–H and O–H groups in total. The molecule has 0 rings (SSSR count). The van der Waals surface area contributed by atoms with Crippen LogP contribution in [0.1, 0.15) is 66.7 Å². The van der Waals surface area contributed by atoms with Crippen molar-refractivity contribution in [2.75, 3.05) is 13.6 Å². The number of hydrogen-bond donors (Lipinski definition) is 0. The summed E-state index contributed by atoms with van der Waals surface area (Å²) in [5.74, 6) is 1.86. The Morgan fingerprint density at radius 2 is 1.44 bits per heavy atom. The topological polar surface area (TPSA) is 20.3 Å². The molecule has 0 saturated carbocycles. The van der Waals surface area contributed by atoms with E-state index in [1.807, 2.05) is 11.9 Å². The molecule has 1 atom stereocenters. The molecule has 0 aromatic carbocycles. The molecule has 0 aromatic heterocycles. The fourth-order valence-electron chi connectivity index (χ4n) is 2.32. The molecule has 0 aliphatic carbocycles. The molecule has 0 spiro atoms. The molecule has 0 bridgehead atoms. The number of carbonyl (C=O) groups excluding carboxylic acids is 1. The van der Waals surface area contributed by atoms with E-state index >= 15 is 0 Å². The first kappa shape index (κ1) is 17.5. The van der Waals surface area contributed by atoms with Crippen molar-refractivity contribution in [1.82, 2.24) is 4.90 Å². The van der Waals surface area contributed by atoms with E-state index in [4.69, 9.17) is 0 Å². The first-order chi connectivity index (χ1) is 8.34. The number of nitrogens with zero attached hydrogens (tertiary/aromatic N) is 1. The molecular weight excluding hydrogens is 222 g/mol. The van der Waals surface area contributed by atoms with Crippen LogP contribution in [-0.2, 0) is 4.79 Å². The van der Waals surface area contributed by atoms with Crippen molar-refractivity contribution in [3.05, 3.63) is 0 Å². The SMILES string of the molecule is CC(C)CCCCC[C@H](C)C(=O)N(C)CC(C)C. The highest BCUT2D eigenvalue weighted by Crippen LogP contribution is 2.15. The van der Waals surface area contributed by atoms with Gasteiger partial charge >= 0.3 is 0 Å². The summed E-state index contributed by atoms with van der Waals surface area (Å²) in [4.78, 5) is 14.0. The Kier molecular flexibility index (Phi) is 9.13. The molecule has 0 fully saturated rings. The maximum Gasteiger partial charge on any atom is 0.225 e. The predicted octanol–water partition coefficient (Wildman–Crippen LogP) is 4.34. The summed E-state index contributed by atoms with van der Waals surface area (Å²) >= 11 is 0. The van der Waals surface area contributed by atoms with Crippen LogP contribution < -0.4 is 0 Å². The van der Waals surface area contributed by atoms with Crippen molar-refractivity contribution >= 4 is 5.91 Å². The summed E-state index contributed by atoms with van der Waals surface area (Å²) in [6.45, 7) is 11.8. The lowest BCUT2D eigenvalue weighted by Gasteiger charge is -2.23. The zero-order valence-corrected chi connectivity index (χ0v) is 13.3. The molecular formula is C16H33NO. The van der Waals surface area contributed by atoms with Gasteiger partial charge in [-0.3, -0.25) is 4.79 Å². The van der Waals surface area contributed by atoms with E-state index in [-0.39, 0.29) is 5.92 Å². The van der Waals surface area contributed by atoms with Gasteiger partial charge in [-0.05, 0) is 18.3 Å². The first-order valence-electron chi connectivity index (χ1n) is 7.59. The zero-order valence-electron chi connectivity index (χ0n) is 13.3. The molecule has 0 aliphatic heterocycles. The van der Waals surface area contributed by atoms with Crippen LogP contribution in [0.15, 0.2) is 0 Å². The average molecular weight is 255 g/mol. The van der Waals surface area contributed by atoms with Crippen LogP contribution in [0.25, 0.3) is 0 Å². The molecule has 0 unspecified atom stereocenters. The second kappa shape index (κ2) is 9.41. The van der Waals surface area contributed by atoms with E-state index in [2.05, 4.69) is 34.6 Å². The van der Waals surface area contributed by atoms with Gasteiger partial charge in [0.2, 0.25) is 5.91 Å². The second-order valence-corrected chi connectivity index (χ2v) is 6.55. The maximum atomic E-state index is 12.1. The third kappa shape index (κ3) is 8.54. The van der Waals surface area contributed by atoms with Crippen LogP contribution in [0.3, 0.4) is 0 Å². The third-order valence-corrected chi connectivity index (χ3v) is 3.36. The molecule has 0 aliphatic rings. The van der Waals surface area contributed by atoms with E-state index in [9.17, 15) is 4.79 Å². The lowest BCUT2D eigenvalue weighted by atomic mass is 9.99. The van der Waals surface area contributed by atoms with Crippen molar-refractivity contribution in [2.45, 2.75) is 66.7 Å². The monoisotopic (exact) mass is 255 g/mol. The highest BCUT2D eigenvalue weighted by molar-refractivity contribution is 5.78. The van der Waals surface area contributed by atoms with Gasteiger partial charge < -0.3 is 4.90 Å². The van der Waals surface area contributed by atoms with Crippen molar-refractivity contribution in [3.63, 3.8) is 0 Å². The van der Waals surface area contributed by atoms with Gasteiger partial charge in [-0.2, -0.15) is 0 Å². The summed E-state index contributed by atoms with van der Waals surface area (Å²) in [5.41, 5.74) is 0. The molecule has 0 heterocycles. The van der Waals surface area contributed by atoms with Gasteiger partial charge in [-0.25, -0.2) is 0 Å². The highest BCUT2D eigenvalue weighted by Gasteiger charge is 2.17. The van der Waals surface area contributed by atoms with Crippen molar-refractivity contribution < 1.29 is 4.79 Å². The summed E-state index contributed by atoms with van der Waals surface area (Å²) in [7, 11) is 1.93. The minimum Gasteiger partial charge on any atom is -0.345 e. The Morgan fingerprint density at radius 3 is 1.94 bits per heavy atom. The van der Waals surface area contributed by atoms with Crippen LogP contribution in [0, 0.1) is 17.8 Å². The first-order valence-corrected chi connectivity index (χ1v) is 7.59. The van der Waals surface area contributed by atoms with Crippen LogP contribution in [0.2, 0.25) is 0 Å². The van der Waals surface area contributed by atoms with Gasteiger partial charge in [0.15, 0.2) is 0 Å². The summed E-state index contributed by atoms with van der Waals surface area (Å²) < 4.78 is 0. The van der Waals surface area contributed by atoms with Gasteiger partial charge in [0.1, 0.15) is 0 Å². The normalized spacial score (nSPS) is 13.1. The Bertz CT molecular complexity index is 223. The molecule has 0 aromatic rings. The van der Waals surface area contributed by atoms with E-state index in [0.29, 0.717) is 11.8 Å². The summed E-state index contributed by atoms with van der Waals surface area (Å²) in [6, 6.07) is 0. The second-order valence-electron chi connectivity index (χ2n) is 6.55. The number of amides is 1. The molecule has 2 nitrogen and oxygen atoms in total. The Hall–Kier alpha value is -0.530. The average Bonchev–Trinajstić information content (AvgIpc) is 2.25. The lowest BCUT2D eigenvalue weighted by molar-refractivity contribution is -0.134. The standard InChI is InChI=1S/C16H33NO/c1-13(2)10-8-7-9-11-15(5)16(18)17(6)12-14(3)4/h13-15H,7-12H2,1-6H3/t15-/m0/s1. The van der Waals surface area contributed by atoms with Crippen molar-refractivity contribution in [3.8, 4) is 0 Å². The predicted molar refractivity (Wildman–Crippen MR) is 79.6 cm³/mol. The molecule has 108 valence electrons. The van der Waals surface area contributed by atoms with Crippen molar-refractivity contribution in [2.24, 2.45) is 17.8 Å². The van der Waals surface area contributed by atoms with Gasteiger partial charge in [0, 0.05) is 19.5 Å². The van der Waals surface area contributed by atoms with E-state index in [1.54, 1.807) is 0 Å². The third-order valence-electron chi connectivity index (χ3n) is 3.36. The van der Waals surface area contributed by atoms with E-state index < -0.39 is 0 Å². The van der Waals surface area contributed by atoms with E-state index in [1.165, 1.54) is 25.7 Å². The minimum atomic E-state index is 0.188. The van der Waals surface area contributed by atoms with Crippen LogP contribution in [0.5, 0.6) is 0 Å². The van der Waals surface area contributed by atoms with Crippen LogP contribution in [-0.4, -0.2) is 24.4 Å². The van der Waals surface area contributed by atoms with Gasteiger partial charge in [-0.15, -0.1) is 0 Å². The van der Waals surface area contributed by atoms with E-state index in [0.717, 1.165) is 18.9 Å². The van der Waals surface area contributed by atoms with Gasteiger partial charge in [-0.1, -0.05) is 60.3 Å². The number of carbonyl (C=O) groups is 1. The minimum absolute atomic E-state index is 0.188. The molecule has 18 heavy (non-hydrogen) atoms. The van der Waals surface area contributed by atoms with Crippen LogP contribution in [0.4, 0.5) is 0 Å². The van der Waals surface area contributed by atoms with Crippen molar-refractivity contribution in [1.29, 1.82) is 0 Å². The number of rotatable bonds is 9. The quantitative estimate of drug-likeness (QED) is 0.561. The fraction of sp³-hybridized carbons (Fsp3) is 0.938. The molecule has 0 radical (unpaired) electrons. The Morgan fingerprint density at radius 1 is 0.889 bits per heavy atom. The fourth-order valence-corrected chi connectivity index (χ4v) is 2.32. The van der Waals surface area contributed by atoms with Crippen LogP contribution >= 0.6 is 0 Å².